The van der Waals surface area contributed by atoms with Gasteiger partial charge in [-0.1, -0.05) is 91.1 Å². The molecular formula is C25H44O4. The van der Waals surface area contributed by atoms with Gasteiger partial charge >= 0.3 is 11.9 Å². The number of hydrogen-bond acceptors (Lipinski definition) is 4. The van der Waals surface area contributed by atoms with Crippen LogP contribution in [-0.4, -0.2) is 25.2 Å². The molecule has 0 amide bonds. The van der Waals surface area contributed by atoms with Crippen molar-refractivity contribution in [2.75, 3.05) is 13.2 Å². The first-order valence-corrected chi connectivity index (χ1v) is 12.2. The van der Waals surface area contributed by atoms with E-state index in [1.165, 1.54) is 51.4 Å². The molecule has 0 N–H and O–H groups in total. The number of carbonyl (C=O) groups is 2. The maximum Gasteiger partial charge on any atom is 0.334 e. The Morgan fingerprint density at radius 1 is 0.793 bits per heavy atom. The lowest BCUT2D eigenvalue weighted by Gasteiger charge is -2.24. The molecule has 1 aliphatic carbocycles. The number of rotatable bonds is 16. The van der Waals surface area contributed by atoms with E-state index in [1.807, 2.05) is 6.08 Å². The molecule has 1 rings (SSSR count). The highest BCUT2D eigenvalue weighted by molar-refractivity contribution is 5.95. The second kappa shape index (κ2) is 16.5. The Labute approximate surface area is 178 Å². The van der Waals surface area contributed by atoms with E-state index in [0.717, 1.165) is 32.1 Å². The van der Waals surface area contributed by atoms with Gasteiger partial charge in [-0.3, -0.25) is 4.79 Å². The van der Waals surface area contributed by atoms with Crippen LogP contribution in [0.3, 0.4) is 0 Å². The molecule has 29 heavy (non-hydrogen) atoms. The fraction of sp³-hybridized carbons (Fsp3) is 0.840. The lowest BCUT2D eigenvalue weighted by Crippen LogP contribution is -2.29. The molecule has 0 saturated carbocycles. The van der Waals surface area contributed by atoms with E-state index in [2.05, 4.69) is 20.8 Å². The van der Waals surface area contributed by atoms with Gasteiger partial charge in [0.25, 0.3) is 0 Å². The zero-order chi connectivity index (χ0) is 21.3. The van der Waals surface area contributed by atoms with Crippen LogP contribution >= 0.6 is 0 Å². The molecule has 2 unspecified atom stereocenters. The van der Waals surface area contributed by atoms with Crippen LogP contribution in [0.4, 0.5) is 0 Å². The fourth-order valence-electron chi connectivity index (χ4n) is 3.83. The van der Waals surface area contributed by atoms with Crippen molar-refractivity contribution < 1.29 is 19.1 Å². The largest absolute Gasteiger partial charge is 0.465 e. The van der Waals surface area contributed by atoms with Crippen LogP contribution in [0, 0.1) is 11.8 Å². The SMILES string of the molecule is CCCCCCCCOC(=O)C1=CC(C)CCC1C(=O)OCCCCCCCC. The lowest BCUT2D eigenvalue weighted by atomic mass is 9.83. The van der Waals surface area contributed by atoms with Gasteiger partial charge in [0.1, 0.15) is 0 Å². The van der Waals surface area contributed by atoms with Crippen LogP contribution in [-0.2, 0) is 19.1 Å². The third kappa shape index (κ3) is 11.4. The van der Waals surface area contributed by atoms with Gasteiger partial charge in [0.2, 0.25) is 0 Å². The minimum atomic E-state index is -0.455. The molecule has 4 nitrogen and oxygen atoms in total. The van der Waals surface area contributed by atoms with Crippen molar-refractivity contribution in [3.05, 3.63) is 11.6 Å². The summed E-state index contributed by atoms with van der Waals surface area (Å²) in [6.07, 6.45) is 17.4. The fourth-order valence-corrected chi connectivity index (χ4v) is 3.83. The first kappa shape index (κ1) is 25.7. The highest BCUT2D eigenvalue weighted by atomic mass is 16.5. The number of carbonyl (C=O) groups excluding carboxylic acids is 2. The number of unbranched alkanes of at least 4 members (excludes halogenated alkanes) is 10. The molecule has 0 fully saturated rings. The molecule has 4 heteroatoms. The second-order valence-electron chi connectivity index (χ2n) is 8.57. The van der Waals surface area contributed by atoms with Crippen LogP contribution in [0.2, 0.25) is 0 Å². The summed E-state index contributed by atoms with van der Waals surface area (Å²) in [5, 5.41) is 0. The summed E-state index contributed by atoms with van der Waals surface area (Å²) < 4.78 is 11.0. The molecule has 0 aromatic heterocycles. The maximum atomic E-state index is 12.6. The Bertz CT molecular complexity index is 483. The molecule has 0 aliphatic heterocycles. The van der Waals surface area contributed by atoms with Crippen LogP contribution in [0.1, 0.15) is 111 Å². The van der Waals surface area contributed by atoms with Crippen molar-refractivity contribution in [3.8, 4) is 0 Å². The summed E-state index contributed by atoms with van der Waals surface area (Å²) in [6.45, 7) is 7.39. The van der Waals surface area contributed by atoms with Crippen LogP contribution in [0.25, 0.3) is 0 Å². The molecule has 2 atom stereocenters. The highest BCUT2D eigenvalue weighted by Gasteiger charge is 2.33. The number of allylic oxidation sites excluding steroid dienone is 1. The molecule has 0 saturated heterocycles. The number of ether oxygens (including phenoxy) is 2. The minimum absolute atomic E-state index is 0.256. The summed E-state index contributed by atoms with van der Waals surface area (Å²) in [7, 11) is 0. The molecule has 0 spiro atoms. The lowest BCUT2D eigenvalue weighted by molar-refractivity contribution is -0.151. The van der Waals surface area contributed by atoms with E-state index in [9.17, 15) is 9.59 Å². The van der Waals surface area contributed by atoms with Gasteiger partial charge in [-0.15, -0.1) is 0 Å². The maximum absolute atomic E-state index is 12.6. The summed E-state index contributed by atoms with van der Waals surface area (Å²) in [6, 6.07) is 0. The summed E-state index contributed by atoms with van der Waals surface area (Å²) in [5.74, 6) is -0.739. The van der Waals surface area contributed by atoms with Crippen molar-refractivity contribution in [1.82, 2.24) is 0 Å². The zero-order valence-electron chi connectivity index (χ0n) is 19.2. The van der Waals surface area contributed by atoms with E-state index in [4.69, 9.17) is 9.47 Å². The second-order valence-corrected chi connectivity index (χ2v) is 8.57. The monoisotopic (exact) mass is 408 g/mol. The highest BCUT2D eigenvalue weighted by Crippen LogP contribution is 2.30. The molecule has 168 valence electrons. The summed E-state index contributed by atoms with van der Waals surface area (Å²) in [4.78, 5) is 25.1. The smallest absolute Gasteiger partial charge is 0.334 e. The van der Waals surface area contributed by atoms with Gasteiger partial charge < -0.3 is 9.47 Å². The van der Waals surface area contributed by atoms with Crippen molar-refractivity contribution in [2.45, 2.75) is 111 Å². The number of esters is 2. The Hall–Kier alpha value is -1.32. The third-order valence-corrected chi connectivity index (χ3v) is 5.74. The van der Waals surface area contributed by atoms with E-state index in [1.54, 1.807) is 0 Å². The predicted molar refractivity (Wildman–Crippen MR) is 119 cm³/mol. The van der Waals surface area contributed by atoms with E-state index < -0.39 is 5.92 Å². The van der Waals surface area contributed by atoms with E-state index in [-0.39, 0.29) is 11.9 Å². The Morgan fingerprint density at radius 3 is 1.90 bits per heavy atom. The van der Waals surface area contributed by atoms with Crippen molar-refractivity contribution in [2.24, 2.45) is 11.8 Å². The Morgan fingerprint density at radius 2 is 1.31 bits per heavy atom. The van der Waals surface area contributed by atoms with Gasteiger partial charge in [-0.2, -0.15) is 0 Å². The summed E-state index contributed by atoms with van der Waals surface area (Å²) in [5.41, 5.74) is 0.516. The minimum Gasteiger partial charge on any atom is -0.465 e. The Kier molecular flexibility index (Phi) is 14.6. The van der Waals surface area contributed by atoms with E-state index >= 15 is 0 Å². The van der Waals surface area contributed by atoms with Crippen LogP contribution < -0.4 is 0 Å². The normalized spacial score (nSPS) is 18.9. The van der Waals surface area contributed by atoms with Gasteiger partial charge in [0.15, 0.2) is 0 Å². The van der Waals surface area contributed by atoms with E-state index in [0.29, 0.717) is 31.1 Å². The van der Waals surface area contributed by atoms with Gasteiger partial charge in [0.05, 0.1) is 19.1 Å². The van der Waals surface area contributed by atoms with Crippen molar-refractivity contribution in [3.63, 3.8) is 0 Å². The molecular weight excluding hydrogens is 364 g/mol. The average Bonchev–Trinajstić information content (AvgIpc) is 2.72. The topological polar surface area (TPSA) is 52.6 Å². The molecule has 1 aliphatic rings. The first-order valence-electron chi connectivity index (χ1n) is 12.2. The molecule has 0 aromatic carbocycles. The zero-order valence-corrected chi connectivity index (χ0v) is 19.2. The quantitative estimate of drug-likeness (QED) is 0.209. The molecule has 0 radical (unpaired) electrons. The molecule has 0 aromatic rings. The first-order chi connectivity index (χ1) is 14.1. The summed E-state index contributed by atoms with van der Waals surface area (Å²) >= 11 is 0. The van der Waals surface area contributed by atoms with Crippen LogP contribution in [0.15, 0.2) is 11.6 Å². The van der Waals surface area contributed by atoms with Gasteiger partial charge in [0, 0.05) is 5.57 Å². The standard InChI is InChI=1S/C25H44O4/c1-4-6-8-10-12-14-18-28-24(26)22-17-16-21(3)20-23(22)25(27)29-19-15-13-11-9-7-5-2/h20-22H,4-19H2,1-3H3. The Balaban J connectivity index is 2.35. The molecule has 0 bridgehead atoms. The molecule has 0 heterocycles. The van der Waals surface area contributed by atoms with Gasteiger partial charge in [-0.05, 0) is 31.6 Å². The number of hydrogen-bond donors (Lipinski definition) is 0. The predicted octanol–water partition coefficient (Wildman–Crippen LogP) is 6.77. The van der Waals surface area contributed by atoms with Crippen molar-refractivity contribution in [1.29, 1.82) is 0 Å². The van der Waals surface area contributed by atoms with Gasteiger partial charge in [-0.25, -0.2) is 4.79 Å². The van der Waals surface area contributed by atoms with Crippen molar-refractivity contribution >= 4 is 11.9 Å². The third-order valence-electron chi connectivity index (χ3n) is 5.74. The van der Waals surface area contributed by atoms with Crippen LogP contribution in [0.5, 0.6) is 0 Å². The average molecular weight is 409 g/mol.